The number of aromatic nitrogens is 3. The van der Waals surface area contributed by atoms with Gasteiger partial charge in [-0.15, -0.1) is 0 Å². The molecule has 48 heavy (non-hydrogen) atoms. The van der Waals surface area contributed by atoms with Gasteiger partial charge in [-0.3, -0.25) is 9.55 Å². The van der Waals surface area contributed by atoms with E-state index in [0.29, 0.717) is 5.56 Å². The molecule has 0 saturated heterocycles. The number of para-hydroxylation sites is 2. The molecule has 1 N–H and O–H groups in total. The molecule has 0 bridgehead atoms. The van der Waals surface area contributed by atoms with Crippen molar-refractivity contribution >= 4 is 11.0 Å². The molecule has 0 fully saturated rings. The quantitative estimate of drug-likeness (QED) is 0.198. The molecule has 0 spiro atoms. The van der Waals surface area contributed by atoms with Crippen LogP contribution in [0.25, 0.3) is 50.5 Å². The van der Waals surface area contributed by atoms with E-state index in [1.807, 2.05) is 24.4 Å². The number of pyridine rings is 1. The number of imidazole rings is 1. The van der Waals surface area contributed by atoms with E-state index in [0.717, 1.165) is 44.9 Å². The van der Waals surface area contributed by atoms with Crippen LogP contribution < -0.4 is 0 Å². The Morgan fingerprint density at radius 2 is 1.25 bits per heavy atom. The second-order valence-corrected chi connectivity index (χ2v) is 15.8. The number of fused-ring (bicyclic) bond motifs is 1. The number of phenols is 1. The van der Waals surface area contributed by atoms with Gasteiger partial charge in [0.2, 0.25) is 0 Å². The molecule has 246 valence electrons. The van der Waals surface area contributed by atoms with Gasteiger partial charge in [-0.05, 0) is 92.9 Å². The third-order valence-electron chi connectivity index (χ3n) is 9.43. The Morgan fingerprint density at radius 3 is 1.88 bits per heavy atom. The Kier molecular flexibility index (Phi) is 8.57. The smallest absolute Gasteiger partial charge is 0.149 e. The first-order valence-corrected chi connectivity index (χ1v) is 17.2. The van der Waals surface area contributed by atoms with Gasteiger partial charge in [0.1, 0.15) is 11.6 Å². The largest absolute Gasteiger partial charge is 0.507 e. The van der Waals surface area contributed by atoms with Gasteiger partial charge in [-0.2, -0.15) is 0 Å². The summed E-state index contributed by atoms with van der Waals surface area (Å²) in [5, 5.41) is 11.3. The highest BCUT2D eigenvalue weighted by molar-refractivity contribution is 5.97. The average molecular weight is 636 g/mol. The summed E-state index contributed by atoms with van der Waals surface area (Å²) in [5.41, 5.74) is 12.9. The van der Waals surface area contributed by atoms with Gasteiger partial charge in [-0.1, -0.05) is 118 Å². The highest BCUT2D eigenvalue weighted by Crippen LogP contribution is 2.43. The summed E-state index contributed by atoms with van der Waals surface area (Å²) in [4.78, 5) is 10.2. The molecule has 2 aromatic heterocycles. The van der Waals surface area contributed by atoms with Gasteiger partial charge in [0.15, 0.2) is 0 Å². The molecule has 0 unspecified atom stereocenters. The number of aromatic hydroxyl groups is 1. The molecule has 4 nitrogen and oxygen atoms in total. The lowest BCUT2D eigenvalue weighted by atomic mass is 9.84. The SMILES string of the molecule is CC(C)c1cccc(C(C)C)c1-n1c(-c2ccccc2O)nc2c(-c3cccc(-c4cc(C(C)(C)C)ccn4)c3)cc(C(C)(C)C)cc21. The highest BCUT2D eigenvalue weighted by Gasteiger charge is 2.27. The maximum absolute atomic E-state index is 11.3. The van der Waals surface area contributed by atoms with Crippen molar-refractivity contribution in [1.29, 1.82) is 0 Å². The standard InChI is InChI=1S/C44H49N3O/c1-27(2)33-18-14-19-34(28(3)4)41(33)47-38-26-32(44(8,9)10)24-36(40(38)46-42(47)35-17-11-12-20-39(35)48)29-15-13-16-30(23-29)37-25-31(21-22-45-37)43(5,6)7/h11-28,48H,1-10H3. The molecule has 0 amide bonds. The minimum atomic E-state index is -0.119. The molecule has 0 aliphatic carbocycles. The predicted molar refractivity (Wildman–Crippen MR) is 202 cm³/mol. The Hall–Kier alpha value is -4.70. The van der Waals surface area contributed by atoms with Crippen molar-refractivity contribution in [2.24, 2.45) is 0 Å². The average Bonchev–Trinajstić information content (AvgIpc) is 3.42. The van der Waals surface area contributed by atoms with E-state index in [1.165, 1.54) is 22.3 Å². The van der Waals surface area contributed by atoms with Crippen LogP contribution in [0.1, 0.15) is 103 Å². The molecule has 0 saturated carbocycles. The number of phenolic OH excluding ortho intramolecular Hbond substituents is 1. The summed E-state index contributed by atoms with van der Waals surface area (Å²) in [5.74, 6) is 1.52. The highest BCUT2D eigenvalue weighted by atomic mass is 16.3. The second kappa shape index (κ2) is 12.4. The van der Waals surface area contributed by atoms with Gasteiger partial charge in [-0.25, -0.2) is 4.98 Å². The molecule has 4 aromatic carbocycles. The van der Waals surface area contributed by atoms with Crippen LogP contribution in [0.2, 0.25) is 0 Å². The van der Waals surface area contributed by atoms with Crippen LogP contribution in [-0.4, -0.2) is 19.6 Å². The Bertz CT molecular complexity index is 2090. The van der Waals surface area contributed by atoms with E-state index in [-0.39, 0.29) is 28.4 Å². The summed E-state index contributed by atoms with van der Waals surface area (Å²) in [7, 11) is 0. The number of rotatable bonds is 6. The van der Waals surface area contributed by atoms with Crippen molar-refractivity contribution in [2.45, 2.75) is 91.9 Å². The lowest BCUT2D eigenvalue weighted by Gasteiger charge is -2.24. The summed E-state index contributed by atoms with van der Waals surface area (Å²) in [6.07, 6.45) is 1.92. The Labute approximate surface area is 286 Å². The number of nitrogens with zero attached hydrogens (tertiary/aromatic N) is 3. The lowest BCUT2D eigenvalue weighted by molar-refractivity contribution is 0.477. The lowest BCUT2D eigenvalue weighted by Crippen LogP contribution is -2.12. The van der Waals surface area contributed by atoms with Crippen molar-refractivity contribution < 1.29 is 5.11 Å². The molecular formula is C44H49N3O. The minimum Gasteiger partial charge on any atom is -0.507 e. The zero-order valence-corrected chi connectivity index (χ0v) is 30.2. The first-order valence-electron chi connectivity index (χ1n) is 17.2. The Balaban J connectivity index is 1.73. The molecule has 0 aliphatic rings. The van der Waals surface area contributed by atoms with Crippen molar-refractivity contribution in [3.8, 4) is 45.2 Å². The van der Waals surface area contributed by atoms with Crippen molar-refractivity contribution in [3.63, 3.8) is 0 Å². The van der Waals surface area contributed by atoms with Gasteiger partial charge >= 0.3 is 0 Å². The summed E-state index contributed by atoms with van der Waals surface area (Å²) in [6.45, 7) is 22.5. The fourth-order valence-electron chi connectivity index (χ4n) is 6.57. The zero-order chi connectivity index (χ0) is 34.5. The topological polar surface area (TPSA) is 50.9 Å². The molecule has 0 radical (unpaired) electrons. The van der Waals surface area contributed by atoms with Gasteiger partial charge in [0.05, 0.1) is 28.0 Å². The minimum absolute atomic E-state index is 0.0237. The van der Waals surface area contributed by atoms with E-state index in [9.17, 15) is 5.11 Å². The van der Waals surface area contributed by atoms with Crippen LogP contribution in [0.4, 0.5) is 0 Å². The molecular weight excluding hydrogens is 587 g/mol. The third kappa shape index (κ3) is 6.17. The maximum atomic E-state index is 11.3. The molecule has 6 aromatic rings. The summed E-state index contributed by atoms with van der Waals surface area (Å²) in [6, 6.07) is 31.8. The fourth-order valence-corrected chi connectivity index (χ4v) is 6.57. The molecule has 6 rings (SSSR count). The van der Waals surface area contributed by atoms with E-state index in [2.05, 4.69) is 141 Å². The molecule has 0 atom stereocenters. The second-order valence-electron chi connectivity index (χ2n) is 15.8. The van der Waals surface area contributed by atoms with Crippen LogP contribution in [-0.2, 0) is 10.8 Å². The summed E-state index contributed by atoms with van der Waals surface area (Å²) < 4.78 is 2.33. The van der Waals surface area contributed by atoms with E-state index in [1.54, 1.807) is 6.07 Å². The first-order chi connectivity index (χ1) is 22.6. The van der Waals surface area contributed by atoms with Crippen LogP contribution in [0.15, 0.2) is 97.2 Å². The number of benzene rings is 4. The summed E-state index contributed by atoms with van der Waals surface area (Å²) >= 11 is 0. The van der Waals surface area contributed by atoms with Crippen molar-refractivity contribution in [3.05, 3.63) is 119 Å². The van der Waals surface area contributed by atoms with Crippen LogP contribution in [0, 0.1) is 0 Å². The molecule has 4 heteroatoms. The van der Waals surface area contributed by atoms with E-state index in [4.69, 9.17) is 9.97 Å². The number of hydrogen-bond donors (Lipinski definition) is 1. The van der Waals surface area contributed by atoms with Gasteiger partial charge in [0, 0.05) is 17.3 Å². The molecule has 0 aliphatic heterocycles. The van der Waals surface area contributed by atoms with Crippen LogP contribution in [0.3, 0.4) is 0 Å². The predicted octanol–water partition coefficient (Wildman–Crippen LogP) is 12.0. The zero-order valence-electron chi connectivity index (χ0n) is 30.2. The van der Waals surface area contributed by atoms with Crippen LogP contribution >= 0.6 is 0 Å². The first kappa shape index (κ1) is 33.2. The Morgan fingerprint density at radius 1 is 0.625 bits per heavy atom. The fraction of sp³-hybridized carbons (Fsp3) is 0.318. The maximum Gasteiger partial charge on any atom is 0.149 e. The normalized spacial score (nSPS) is 12.4. The number of hydrogen-bond acceptors (Lipinski definition) is 3. The van der Waals surface area contributed by atoms with E-state index >= 15 is 0 Å². The van der Waals surface area contributed by atoms with Gasteiger partial charge in [0.25, 0.3) is 0 Å². The molecule has 2 heterocycles. The van der Waals surface area contributed by atoms with Crippen molar-refractivity contribution in [2.75, 3.05) is 0 Å². The van der Waals surface area contributed by atoms with Gasteiger partial charge < -0.3 is 5.11 Å². The van der Waals surface area contributed by atoms with Crippen LogP contribution in [0.5, 0.6) is 5.75 Å². The van der Waals surface area contributed by atoms with E-state index < -0.39 is 0 Å². The monoisotopic (exact) mass is 635 g/mol. The van der Waals surface area contributed by atoms with Crippen molar-refractivity contribution in [1.82, 2.24) is 14.5 Å². The third-order valence-corrected chi connectivity index (χ3v) is 9.43.